The van der Waals surface area contributed by atoms with E-state index in [4.69, 9.17) is 17.0 Å². The minimum absolute atomic E-state index is 0.0555. The van der Waals surface area contributed by atoms with Gasteiger partial charge in [0.1, 0.15) is 10.9 Å². The lowest BCUT2D eigenvalue weighted by Gasteiger charge is -2.14. The van der Waals surface area contributed by atoms with Crippen LogP contribution in [-0.2, 0) is 27.3 Å². The van der Waals surface area contributed by atoms with E-state index in [9.17, 15) is 9.59 Å². The van der Waals surface area contributed by atoms with Crippen LogP contribution in [-0.4, -0.2) is 51.4 Å². The van der Waals surface area contributed by atoms with Crippen molar-refractivity contribution in [2.75, 3.05) is 19.7 Å². The van der Waals surface area contributed by atoms with Crippen molar-refractivity contribution in [2.45, 2.75) is 31.9 Å². The first-order valence-corrected chi connectivity index (χ1v) is 13.1. The summed E-state index contributed by atoms with van der Waals surface area (Å²) in [5.41, 5.74) is 3.02. The molecule has 0 unspecified atom stereocenters. The third kappa shape index (κ3) is 5.50. The number of carbonyl (C=O) groups excluding carboxylic acids is 2. The molecule has 2 amide bonds. The highest BCUT2D eigenvalue weighted by Crippen LogP contribution is 2.34. The van der Waals surface area contributed by atoms with E-state index in [0.29, 0.717) is 22.3 Å². The van der Waals surface area contributed by atoms with E-state index in [1.54, 1.807) is 4.90 Å². The van der Waals surface area contributed by atoms with Crippen molar-refractivity contribution in [3.63, 3.8) is 0 Å². The zero-order valence-corrected chi connectivity index (χ0v) is 20.9. The predicted octanol–water partition coefficient (Wildman–Crippen LogP) is 4.38. The number of thiocarbonyl (C=S) groups is 1. The van der Waals surface area contributed by atoms with Crippen LogP contribution >= 0.6 is 24.0 Å². The number of aromatic nitrogens is 1. The summed E-state index contributed by atoms with van der Waals surface area (Å²) in [6.07, 6.45) is 6.73. The molecule has 0 spiro atoms. The Labute approximate surface area is 214 Å². The Hall–Kier alpha value is -2.94. The van der Waals surface area contributed by atoms with Crippen LogP contribution in [0.25, 0.3) is 17.0 Å². The molecule has 2 aromatic carbocycles. The molecule has 1 aromatic heterocycles. The number of fused-ring (bicyclic) bond motifs is 1. The Bertz CT molecular complexity index is 1280. The van der Waals surface area contributed by atoms with Gasteiger partial charge in [-0.25, -0.2) is 0 Å². The minimum Gasteiger partial charge on any atom is -0.376 e. The van der Waals surface area contributed by atoms with Gasteiger partial charge in [-0.05, 0) is 37.0 Å². The highest BCUT2D eigenvalue weighted by Gasteiger charge is 2.32. The second kappa shape index (κ2) is 10.8. The second-order valence-electron chi connectivity index (χ2n) is 8.74. The average molecular weight is 506 g/mol. The maximum absolute atomic E-state index is 13.1. The number of nitrogens with one attached hydrogen (secondary N) is 1. The predicted molar refractivity (Wildman–Crippen MR) is 144 cm³/mol. The van der Waals surface area contributed by atoms with Gasteiger partial charge in [0, 0.05) is 42.4 Å². The number of hydrogen-bond donors (Lipinski definition) is 1. The normalized spacial score (nSPS) is 19.3. The van der Waals surface area contributed by atoms with Crippen molar-refractivity contribution in [1.82, 2.24) is 14.8 Å². The van der Waals surface area contributed by atoms with E-state index >= 15 is 0 Å². The molecule has 8 heteroatoms. The Balaban J connectivity index is 1.31. The molecule has 180 valence electrons. The molecule has 1 N–H and O–H groups in total. The van der Waals surface area contributed by atoms with Crippen LogP contribution in [0.1, 0.15) is 24.0 Å². The Kier molecular flexibility index (Phi) is 7.32. The lowest BCUT2D eigenvalue weighted by molar-refractivity contribution is -0.122. The van der Waals surface area contributed by atoms with Crippen LogP contribution in [0, 0.1) is 0 Å². The third-order valence-corrected chi connectivity index (χ3v) is 7.69. The molecule has 0 bridgehead atoms. The van der Waals surface area contributed by atoms with Crippen LogP contribution in [0.3, 0.4) is 0 Å². The minimum atomic E-state index is -0.0675. The zero-order chi connectivity index (χ0) is 24.2. The summed E-state index contributed by atoms with van der Waals surface area (Å²) in [4.78, 5) is 28.0. The number of nitrogens with zero attached hydrogens (tertiary/aromatic N) is 2. The number of hydrogen-bond acceptors (Lipinski definition) is 5. The van der Waals surface area contributed by atoms with Crippen molar-refractivity contribution in [3.05, 3.63) is 76.8 Å². The molecule has 2 aliphatic heterocycles. The average Bonchev–Trinajstić information content (AvgIpc) is 3.57. The zero-order valence-electron chi connectivity index (χ0n) is 19.3. The van der Waals surface area contributed by atoms with Crippen LogP contribution in [0.4, 0.5) is 0 Å². The molecular formula is C27H27N3O3S2. The van der Waals surface area contributed by atoms with Gasteiger partial charge in [0.2, 0.25) is 5.91 Å². The van der Waals surface area contributed by atoms with Crippen LogP contribution < -0.4 is 5.32 Å². The first-order chi connectivity index (χ1) is 17.1. The smallest absolute Gasteiger partial charge is 0.266 e. The van der Waals surface area contributed by atoms with Gasteiger partial charge >= 0.3 is 0 Å². The van der Waals surface area contributed by atoms with Crippen LogP contribution in [0.15, 0.2) is 65.7 Å². The van der Waals surface area contributed by atoms with Crippen molar-refractivity contribution in [3.8, 4) is 0 Å². The lowest BCUT2D eigenvalue weighted by Crippen LogP contribution is -2.34. The van der Waals surface area contributed by atoms with Crippen molar-refractivity contribution < 1.29 is 14.3 Å². The quantitative estimate of drug-likeness (QED) is 0.364. The maximum atomic E-state index is 13.1. The molecule has 2 aliphatic rings. The summed E-state index contributed by atoms with van der Waals surface area (Å²) < 4.78 is 8.10. The monoisotopic (exact) mass is 505 g/mol. The standard InChI is InChI=1S/C27H27N3O3S2/c31-25(28-16-21-9-6-14-33-21)18-29-17-20(22-10-4-5-11-23(22)29)15-24-26(32)30(27(34)35-24)13-12-19-7-2-1-3-8-19/h1-5,7-8,10-11,15,17,21H,6,9,12-14,16,18H2,(H,28,31)/b24-15-/t21-/m0/s1. The topological polar surface area (TPSA) is 63.6 Å². The molecule has 0 aliphatic carbocycles. The number of para-hydroxylation sites is 1. The Morgan fingerprint density at radius 2 is 1.97 bits per heavy atom. The molecule has 0 saturated carbocycles. The number of ether oxygens (including phenoxy) is 1. The Morgan fingerprint density at radius 3 is 2.77 bits per heavy atom. The number of benzene rings is 2. The van der Waals surface area contributed by atoms with Crippen LogP contribution in [0.5, 0.6) is 0 Å². The molecule has 5 rings (SSSR count). The van der Waals surface area contributed by atoms with Gasteiger partial charge in [-0.3, -0.25) is 14.5 Å². The van der Waals surface area contributed by atoms with E-state index in [0.717, 1.165) is 42.3 Å². The summed E-state index contributed by atoms with van der Waals surface area (Å²) in [5, 5.41) is 3.98. The largest absolute Gasteiger partial charge is 0.376 e. The highest BCUT2D eigenvalue weighted by molar-refractivity contribution is 8.26. The molecule has 35 heavy (non-hydrogen) atoms. The van der Waals surface area contributed by atoms with Crippen molar-refractivity contribution in [1.29, 1.82) is 0 Å². The molecular weight excluding hydrogens is 478 g/mol. The van der Waals surface area contributed by atoms with Gasteiger partial charge in [-0.2, -0.15) is 0 Å². The van der Waals surface area contributed by atoms with E-state index in [2.05, 4.69) is 17.4 Å². The van der Waals surface area contributed by atoms with Crippen molar-refractivity contribution in [2.24, 2.45) is 0 Å². The van der Waals surface area contributed by atoms with Gasteiger partial charge in [0.15, 0.2) is 0 Å². The van der Waals surface area contributed by atoms with E-state index in [1.165, 1.54) is 17.3 Å². The fourth-order valence-corrected chi connectivity index (χ4v) is 5.78. The lowest BCUT2D eigenvalue weighted by atomic mass is 10.1. The van der Waals surface area contributed by atoms with Crippen LogP contribution in [0.2, 0.25) is 0 Å². The summed E-state index contributed by atoms with van der Waals surface area (Å²) in [6.45, 7) is 2.07. The summed E-state index contributed by atoms with van der Waals surface area (Å²) in [6, 6.07) is 18.0. The van der Waals surface area contributed by atoms with Gasteiger partial charge in [-0.15, -0.1) is 0 Å². The SMILES string of the molecule is O=C(Cn1cc(/C=C2\SC(=S)N(CCc3ccccc3)C2=O)c2ccccc21)NC[C@@H]1CCCO1. The summed E-state index contributed by atoms with van der Waals surface area (Å²) in [5.74, 6) is -0.123. The first-order valence-electron chi connectivity index (χ1n) is 11.8. The van der Waals surface area contributed by atoms with Crippen molar-refractivity contribution >= 4 is 57.1 Å². The third-order valence-electron chi connectivity index (χ3n) is 6.31. The maximum Gasteiger partial charge on any atom is 0.266 e. The van der Waals surface area contributed by atoms with E-state index < -0.39 is 0 Å². The van der Waals surface area contributed by atoms with Gasteiger partial charge in [0.25, 0.3) is 5.91 Å². The van der Waals surface area contributed by atoms with E-state index in [-0.39, 0.29) is 24.5 Å². The molecule has 6 nitrogen and oxygen atoms in total. The second-order valence-corrected chi connectivity index (χ2v) is 10.4. The van der Waals surface area contributed by atoms with Gasteiger partial charge < -0.3 is 14.6 Å². The molecule has 0 radical (unpaired) electrons. The molecule has 3 aromatic rings. The number of amides is 2. The summed E-state index contributed by atoms with van der Waals surface area (Å²) in [7, 11) is 0. The number of thioether (sulfide) groups is 1. The Morgan fingerprint density at radius 1 is 1.17 bits per heavy atom. The molecule has 1 atom stereocenters. The molecule has 2 fully saturated rings. The van der Waals surface area contributed by atoms with E-state index in [1.807, 2.05) is 59.3 Å². The highest BCUT2D eigenvalue weighted by atomic mass is 32.2. The van der Waals surface area contributed by atoms with Gasteiger partial charge in [-0.1, -0.05) is 72.5 Å². The first kappa shape index (κ1) is 23.8. The van der Waals surface area contributed by atoms with Gasteiger partial charge in [0.05, 0.1) is 11.0 Å². The fraction of sp³-hybridized carbons (Fsp3) is 0.296. The number of rotatable bonds is 8. The summed E-state index contributed by atoms with van der Waals surface area (Å²) >= 11 is 6.85. The number of carbonyl (C=O) groups is 2. The molecule has 2 saturated heterocycles. The molecule has 3 heterocycles. The fourth-order valence-electron chi connectivity index (χ4n) is 4.48.